The van der Waals surface area contributed by atoms with Gasteiger partial charge in [0.25, 0.3) is 6.33 Å². The molecule has 0 aliphatic heterocycles. The molecule has 2 N–H and O–H groups in total. The van der Waals surface area contributed by atoms with Crippen LogP contribution >= 0.6 is 0 Å². The summed E-state index contributed by atoms with van der Waals surface area (Å²) < 4.78 is 4.17. The molecule has 1 aromatic heterocycles. The largest absolute Gasteiger partial charge is 0.369 e. The molecule has 1 saturated carbocycles. The van der Waals surface area contributed by atoms with E-state index in [-0.39, 0.29) is 17.9 Å². The summed E-state index contributed by atoms with van der Waals surface area (Å²) in [7, 11) is 0. The molecule has 2 atom stereocenters. The zero-order valence-corrected chi connectivity index (χ0v) is 18.6. The monoisotopic (exact) mass is 437 g/mol. The molecule has 5 rings (SSSR count). The third-order valence-electron chi connectivity index (χ3n) is 7.07. The van der Waals surface area contributed by atoms with Crippen LogP contribution in [-0.2, 0) is 16.8 Å². The molecule has 166 valence electrons. The molecule has 5 nitrogen and oxygen atoms in total. The smallest absolute Gasteiger partial charge is 0.265 e. The van der Waals surface area contributed by atoms with Gasteiger partial charge in [0.05, 0.1) is 6.04 Å². The fourth-order valence-corrected chi connectivity index (χ4v) is 5.53. The van der Waals surface area contributed by atoms with Crippen molar-refractivity contribution in [2.24, 2.45) is 11.7 Å². The van der Waals surface area contributed by atoms with E-state index in [2.05, 4.69) is 28.1 Å². The number of benzene rings is 3. The van der Waals surface area contributed by atoms with E-state index in [1.165, 1.54) is 5.56 Å². The van der Waals surface area contributed by atoms with Crippen LogP contribution in [0.3, 0.4) is 0 Å². The Hall–Kier alpha value is -3.73. The Kier molecular flexibility index (Phi) is 5.78. The van der Waals surface area contributed by atoms with Crippen LogP contribution in [0.5, 0.6) is 0 Å². The maximum absolute atomic E-state index is 13.3. The summed E-state index contributed by atoms with van der Waals surface area (Å²) in [4.78, 5) is 13.3. The Morgan fingerprint density at radius 1 is 0.909 bits per heavy atom. The van der Waals surface area contributed by atoms with Crippen LogP contribution in [-0.4, -0.2) is 15.7 Å². The van der Waals surface area contributed by atoms with Gasteiger partial charge >= 0.3 is 0 Å². The first-order valence-corrected chi connectivity index (χ1v) is 11.6. The SMILES string of the molecule is NC(=O)C(c1ccccc1)(c1ccccc1)[C@@H]1CC[C@H]([n+]2cnn(Cc3ccccc3)c2)C1. The van der Waals surface area contributed by atoms with E-state index in [0.717, 1.165) is 36.9 Å². The molecule has 0 saturated heterocycles. The van der Waals surface area contributed by atoms with Gasteiger partial charge in [-0.05, 0) is 41.9 Å². The van der Waals surface area contributed by atoms with E-state index in [1.807, 2.05) is 89.9 Å². The zero-order chi connectivity index (χ0) is 22.7. The number of nitrogens with zero attached hydrogens (tertiary/aromatic N) is 3. The third-order valence-corrected chi connectivity index (χ3v) is 7.07. The van der Waals surface area contributed by atoms with Gasteiger partial charge in [-0.25, -0.2) is 4.57 Å². The van der Waals surface area contributed by atoms with E-state index in [9.17, 15) is 4.79 Å². The molecule has 1 aliphatic carbocycles. The second-order valence-electron chi connectivity index (χ2n) is 8.94. The van der Waals surface area contributed by atoms with Crippen LogP contribution < -0.4 is 10.3 Å². The van der Waals surface area contributed by atoms with Gasteiger partial charge in [-0.2, -0.15) is 0 Å². The highest BCUT2D eigenvalue weighted by molar-refractivity contribution is 5.91. The van der Waals surface area contributed by atoms with Crippen LogP contribution in [0.25, 0.3) is 0 Å². The van der Waals surface area contributed by atoms with E-state index < -0.39 is 5.41 Å². The number of nitrogens with two attached hydrogens (primary N) is 1. The molecule has 1 amide bonds. The highest BCUT2D eigenvalue weighted by Gasteiger charge is 2.50. The lowest BCUT2D eigenvalue weighted by atomic mass is 9.64. The maximum atomic E-state index is 13.3. The Morgan fingerprint density at radius 3 is 2.06 bits per heavy atom. The second kappa shape index (κ2) is 9.02. The van der Waals surface area contributed by atoms with Crippen molar-refractivity contribution in [3.8, 4) is 0 Å². The normalized spacial score (nSPS) is 18.3. The predicted octanol–water partition coefficient (Wildman–Crippen LogP) is 4.03. The summed E-state index contributed by atoms with van der Waals surface area (Å²) in [6.45, 7) is 0.739. The zero-order valence-electron chi connectivity index (χ0n) is 18.6. The van der Waals surface area contributed by atoms with Gasteiger partial charge in [0.1, 0.15) is 12.0 Å². The van der Waals surface area contributed by atoms with Gasteiger partial charge in [-0.1, -0.05) is 91.0 Å². The summed E-state index contributed by atoms with van der Waals surface area (Å²) >= 11 is 0. The summed E-state index contributed by atoms with van der Waals surface area (Å²) in [5.74, 6) is -0.176. The first-order valence-electron chi connectivity index (χ1n) is 11.6. The second-order valence-corrected chi connectivity index (χ2v) is 8.94. The first-order chi connectivity index (χ1) is 16.2. The van der Waals surface area contributed by atoms with Crippen molar-refractivity contribution < 1.29 is 9.36 Å². The van der Waals surface area contributed by atoms with Crippen LogP contribution in [0.1, 0.15) is 42.0 Å². The summed E-state index contributed by atoms with van der Waals surface area (Å²) in [6, 6.07) is 30.7. The lowest BCUT2D eigenvalue weighted by molar-refractivity contribution is -0.722. The minimum atomic E-state index is -0.849. The lowest BCUT2D eigenvalue weighted by Crippen LogP contribution is -2.48. The molecule has 0 bridgehead atoms. The summed E-state index contributed by atoms with van der Waals surface area (Å²) in [5, 5.41) is 4.58. The van der Waals surface area contributed by atoms with Crippen molar-refractivity contribution in [1.82, 2.24) is 9.78 Å². The van der Waals surface area contributed by atoms with Crippen LogP contribution in [0.4, 0.5) is 0 Å². The number of carbonyl (C=O) groups is 1. The van der Waals surface area contributed by atoms with Crippen molar-refractivity contribution in [3.63, 3.8) is 0 Å². The highest BCUT2D eigenvalue weighted by atomic mass is 16.1. The van der Waals surface area contributed by atoms with E-state index >= 15 is 0 Å². The van der Waals surface area contributed by atoms with Crippen molar-refractivity contribution in [2.45, 2.75) is 37.3 Å². The number of amides is 1. The molecule has 0 radical (unpaired) electrons. The van der Waals surface area contributed by atoms with E-state index in [4.69, 9.17) is 5.73 Å². The minimum absolute atomic E-state index is 0.106. The van der Waals surface area contributed by atoms with Gasteiger partial charge in [0, 0.05) is 5.10 Å². The number of aromatic nitrogens is 3. The third kappa shape index (κ3) is 3.95. The summed E-state index contributed by atoms with van der Waals surface area (Å²) in [5.41, 5.74) is 8.54. The van der Waals surface area contributed by atoms with E-state index in [1.54, 1.807) is 0 Å². The minimum Gasteiger partial charge on any atom is -0.369 e. The molecule has 33 heavy (non-hydrogen) atoms. The Bertz CT molecular complexity index is 1160. The van der Waals surface area contributed by atoms with Crippen LogP contribution in [0, 0.1) is 5.92 Å². The Morgan fingerprint density at radius 2 is 1.48 bits per heavy atom. The van der Waals surface area contributed by atoms with Gasteiger partial charge in [0.2, 0.25) is 12.2 Å². The molecule has 1 aliphatic rings. The quantitative estimate of drug-likeness (QED) is 0.444. The van der Waals surface area contributed by atoms with E-state index in [0.29, 0.717) is 0 Å². The van der Waals surface area contributed by atoms with Crippen molar-refractivity contribution in [2.75, 3.05) is 0 Å². The van der Waals surface area contributed by atoms with Gasteiger partial charge in [-0.3, -0.25) is 4.79 Å². The number of hydrogen-bond donors (Lipinski definition) is 1. The topological polar surface area (TPSA) is 64.8 Å². The molecular weight excluding hydrogens is 408 g/mol. The number of carbonyl (C=O) groups excluding carboxylic acids is 1. The van der Waals surface area contributed by atoms with Gasteiger partial charge < -0.3 is 5.73 Å². The molecule has 4 aromatic rings. The van der Waals surface area contributed by atoms with Crippen LogP contribution in [0.2, 0.25) is 0 Å². The van der Waals surface area contributed by atoms with Gasteiger partial charge in [-0.15, -0.1) is 4.68 Å². The van der Waals surface area contributed by atoms with Gasteiger partial charge in [0.15, 0.2) is 0 Å². The molecule has 3 aromatic carbocycles. The van der Waals surface area contributed by atoms with Crippen molar-refractivity contribution in [1.29, 1.82) is 0 Å². The van der Waals surface area contributed by atoms with Crippen molar-refractivity contribution >= 4 is 5.91 Å². The molecule has 0 unspecified atom stereocenters. The first kappa shape index (κ1) is 21.1. The fraction of sp³-hybridized carbons (Fsp3) is 0.250. The Labute approximate surface area is 194 Å². The molecule has 5 heteroatoms. The predicted molar refractivity (Wildman–Crippen MR) is 127 cm³/mol. The lowest BCUT2D eigenvalue weighted by Gasteiger charge is -2.37. The summed E-state index contributed by atoms with van der Waals surface area (Å²) in [6.07, 6.45) is 6.77. The number of rotatable bonds is 7. The van der Waals surface area contributed by atoms with Crippen LogP contribution in [0.15, 0.2) is 104 Å². The number of primary amides is 1. The molecular formula is C28H29N4O+. The Balaban J connectivity index is 1.45. The van der Waals surface area contributed by atoms with Crippen molar-refractivity contribution in [3.05, 3.63) is 120 Å². The molecule has 0 spiro atoms. The highest BCUT2D eigenvalue weighted by Crippen LogP contribution is 2.48. The standard InChI is InChI=1S/C28H28N4O/c29-27(33)28(23-12-6-2-7-13-23,24-14-8-3-9-15-24)25-16-17-26(18-25)31-20-30-32(21-31)19-22-10-4-1-5-11-22/h1-15,20-21,25-26H,16-19H2,(H-,29,33)/p+1/t25-,26+/m1/s1. The average Bonchev–Trinajstić information content (AvgIpc) is 3.52. The maximum Gasteiger partial charge on any atom is 0.265 e. The fourth-order valence-electron chi connectivity index (χ4n) is 5.53. The average molecular weight is 438 g/mol. The number of hydrogen-bond acceptors (Lipinski definition) is 2. The molecule has 1 heterocycles. The molecule has 1 fully saturated rings.